The van der Waals surface area contributed by atoms with E-state index in [1.165, 1.54) is 6.07 Å². The number of hydrogen-bond donors (Lipinski definition) is 0. The molecular formula is C11H11Br2FO. The highest BCUT2D eigenvalue weighted by Gasteiger charge is 2.01. The van der Waals surface area contributed by atoms with Crippen molar-refractivity contribution in [3.63, 3.8) is 0 Å². The maximum absolute atomic E-state index is 13.2. The first-order valence-corrected chi connectivity index (χ1v) is 6.38. The summed E-state index contributed by atoms with van der Waals surface area (Å²) >= 11 is 6.55. The fourth-order valence-corrected chi connectivity index (χ4v) is 1.69. The molecule has 0 aromatic heterocycles. The summed E-state index contributed by atoms with van der Waals surface area (Å²) in [5.74, 6) is -0.234. The van der Waals surface area contributed by atoms with E-state index in [4.69, 9.17) is 4.74 Å². The molecule has 0 unspecified atom stereocenters. The molecular weight excluding hydrogens is 327 g/mol. The Hall–Kier alpha value is -0.190. The Morgan fingerprint density at radius 2 is 2.13 bits per heavy atom. The van der Waals surface area contributed by atoms with Crippen LogP contribution < -0.4 is 0 Å². The molecule has 0 saturated carbocycles. The van der Waals surface area contributed by atoms with Crippen molar-refractivity contribution >= 4 is 31.9 Å². The van der Waals surface area contributed by atoms with Crippen molar-refractivity contribution in [3.05, 3.63) is 46.2 Å². The zero-order valence-corrected chi connectivity index (χ0v) is 11.2. The van der Waals surface area contributed by atoms with E-state index in [9.17, 15) is 4.39 Å². The molecule has 0 heterocycles. The summed E-state index contributed by atoms with van der Waals surface area (Å²) in [6, 6.07) is 4.82. The first-order valence-electron chi connectivity index (χ1n) is 4.46. The lowest BCUT2D eigenvalue weighted by atomic mass is 10.2. The fraction of sp³-hybridized carbons (Fsp3) is 0.273. The van der Waals surface area contributed by atoms with Gasteiger partial charge in [0.05, 0.1) is 13.2 Å². The molecule has 4 heteroatoms. The van der Waals surface area contributed by atoms with Crippen molar-refractivity contribution in [3.8, 4) is 0 Å². The summed E-state index contributed by atoms with van der Waals surface area (Å²) < 4.78 is 19.4. The van der Waals surface area contributed by atoms with E-state index in [1.54, 1.807) is 12.1 Å². The van der Waals surface area contributed by atoms with Crippen LogP contribution in [0.25, 0.3) is 0 Å². The molecule has 0 N–H and O–H groups in total. The van der Waals surface area contributed by atoms with Gasteiger partial charge in [0.25, 0.3) is 0 Å². The van der Waals surface area contributed by atoms with Gasteiger partial charge in [-0.2, -0.15) is 0 Å². The van der Waals surface area contributed by atoms with Crippen LogP contribution in [-0.2, 0) is 11.3 Å². The molecule has 1 aromatic rings. The average Bonchev–Trinajstić information content (AvgIpc) is 2.23. The Bertz CT molecular complexity index is 339. The third-order valence-corrected chi connectivity index (χ3v) is 2.60. The van der Waals surface area contributed by atoms with Gasteiger partial charge in [0.1, 0.15) is 5.82 Å². The van der Waals surface area contributed by atoms with Gasteiger partial charge in [-0.3, -0.25) is 0 Å². The first kappa shape index (κ1) is 12.9. The van der Waals surface area contributed by atoms with Gasteiger partial charge in [0.15, 0.2) is 0 Å². The Morgan fingerprint density at radius 3 is 2.87 bits per heavy atom. The molecule has 0 radical (unpaired) electrons. The van der Waals surface area contributed by atoms with Crippen molar-refractivity contribution in [2.75, 3.05) is 11.9 Å². The zero-order valence-electron chi connectivity index (χ0n) is 8.05. The number of rotatable bonds is 5. The lowest BCUT2D eigenvalue weighted by molar-refractivity contribution is 0.146. The SMILES string of the molecule is Fc1ccc(Br)cc1COCC=CCBr. The molecule has 0 atom stereocenters. The molecule has 1 aromatic carbocycles. The molecule has 0 aliphatic rings. The van der Waals surface area contributed by atoms with E-state index in [-0.39, 0.29) is 12.4 Å². The van der Waals surface area contributed by atoms with Gasteiger partial charge in [-0.25, -0.2) is 4.39 Å². The Balaban J connectivity index is 2.43. The largest absolute Gasteiger partial charge is 0.373 e. The van der Waals surface area contributed by atoms with Crippen molar-refractivity contribution in [1.82, 2.24) is 0 Å². The second kappa shape index (κ2) is 7.14. The van der Waals surface area contributed by atoms with Crippen LogP contribution in [0.15, 0.2) is 34.8 Å². The van der Waals surface area contributed by atoms with Gasteiger partial charge >= 0.3 is 0 Å². The van der Waals surface area contributed by atoms with Crippen LogP contribution in [0, 0.1) is 5.82 Å². The Labute approximate surface area is 106 Å². The summed E-state index contributed by atoms with van der Waals surface area (Å²) in [6.45, 7) is 0.787. The number of hydrogen-bond acceptors (Lipinski definition) is 1. The highest BCUT2D eigenvalue weighted by molar-refractivity contribution is 9.10. The normalized spacial score (nSPS) is 11.1. The predicted molar refractivity (Wildman–Crippen MR) is 66.7 cm³/mol. The van der Waals surface area contributed by atoms with Crippen LogP contribution in [0.3, 0.4) is 0 Å². The third-order valence-electron chi connectivity index (χ3n) is 1.74. The summed E-state index contributed by atoms with van der Waals surface area (Å²) in [5.41, 5.74) is 0.566. The summed E-state index contributed by atoms with van der Waals surface area (Å²) in [6.07, 6.45) is 3.84. The molecule has 1 nitrogen and oxygen atoms in total. The summed E-state index contributed by atoms with van der Waals surface area (Å²) in [7, 11) is 0. The number of benzene rings is 1. The van der Waals surface area contributed by atoms with Crippen LogP contribution in [-0.4, -0.2) is 11.9 Å². The Morgan fingerprint density at radius 1 is 1.33 bits per heavy atom. The van der Waals surface area contributed by atoms with E-state index in [0.29, 0.717) is 12.2 Å². The minimum Gasteiger partial charge on any atom is -0.373 e. The summed E-state index contributed by atoms with van der Waals surface area (Å²) in [4.78, 5) is 0. The molecule has 0 aliphatic heterocycles. The molecule has 0 aliphatic carbocycles. The second-order valence-corrected chi connectivity index (χ2v) is 4.44. The van der Waals surface area contributed by atoms with Crippen molar-refractivity contribution in [1.29, 1.82) is 0 Å². The maximum atomic E-state index is 13.2. The predicted octanol–water partition coefficient (Wildman–Crippen LogP) is 4.06. The van der Waals surface area contributed by atoms with Crippen LogP contribution in [0.5, 0.6) is 0 Å². The molecule has 82 valence electrons. The van der Waals surface area contributed by atoms with Crippen LogP contribution in [0.4, 0.5) is 4.39 Å². The zero-order chi connectivity index (χ0) is 11.1. The molecule has 0 saturated heterocycles. The van der Waals surface area contributed by atoms with Crippen LogP contribution in [0.2, 0.25) is 0 Å². The maximum Gasteiger partial charge on any atom is 0.128 e. The van der Waals surface area contributed by atoms with E-state index in [0.717, 1.165) is 9.80 Å². The van der Waals surface area contributed by atoms with Crippen molar-refractivity contribution < 1.29 is 9.13 Å². The van der Waals surface area contributed by atoms with Crippen molar-refractivity contribution in [2.45, 2.75) is 6.61 Å². The first-order chi connectivity index (χ1) is 7.24. The number of ether oxygens (including phenoxy) is 1. The smallest absolute Gasteiger partial charge is 0.128 e. The quantitative estimate of drug-likeness (QED) is 0.447. The number of alkyl halides is 1. The monoisotopic (exact) mass is 336 g/mol. The van der Waals surface area contributed by atoms with Gasteiger partial charge in [-0.05, 0) is 18.2 Å². The summed E-state index contributed by atoms with van der Waals surface area (Å²) in [5, 5.41) is 0.807. The standard InChI is InChI=1S/C11H11Br2FO/c12-5-1-2-6-15-8-9-7-10(13)3-4-11(9)14/h1-4,7H,5-6,8H2. The fourth-order valence-electron chi connectivity index (χ4n) is 1.02. The van der Waals surface area contributed by atoms with Crippen LogP contribution in [0.1, 0.15) is 5.56 Å². The molecule has 0 bridgehead atoms. The van der Waals surface area contributed by atoms with Gasteiger partial charge in [-0.1, -0.05) is 44.0 Å². The highest BCUT2D eigenvalue weighted by atomic mass is 79.9. The highest BCUT2D eigenvalue weighted by Crippen LogP contribution is 2.16. The second-order valence-electron chi connectivity index (χ2n) is 2.88. The lowest BCUT2D eigenvalue weighted by Crippen LogP contribution is -1.96. The minimum absolute atomic E-state index is 0.234. The van der Waals surface area contributed by atoms with Gasteiger partial charge < -0.3 is 4.74 Å². The average molecular weight is 338 g/mol. The van der Waals surface area contributed by atoms with Crippen LogP contribution >= 0.6 is 31.9 Å². The number of halogens is 3. The molecule has 1 rings (SSSR count). The number of allylic oxidation sites excluding steroid dienone is 1. The Kier molecular flexibility index (Phi) is 6.13. The molecule has 0 spiro atoms. The van der Waals surface area contributed by atoms with Gasteiger partial charge in [0, 0.05) is 15.4 Å². The minimum atomic E-state index is -0.234. The molecule has 0 fully saturated rings. The van der Waals surface area contributed by atoms with Gasteiger partial charge in [0.2, 0.25) is 0 Å². The lowest BCUT2D eigenvalue weighted by Gasteiger charge is -2.03. The topological polar surface area (TPSA) is 9.23 Å². The molecule has 0 amide bonds. The van der Waals surface area contributed by atoms with Gasteiger partial charge in [-0.15, -0.1) is 0 Å². The van der Waals surface area contributed by atoms with Crippen molar-refractivity contribution in [2.24, 2.45) is 0 Å². The van der Waals surface area contributed by atoms with E-state index >= 15 is 0 Å². The van der Waals surface area contributed by atoms with E-state index in [2.05, 4.69) is 31.9 Å². The van der Waals surface area contributed by atoms with E-state index in [1.807, 2.05) is 12.2 Å². The third kappa shape index (κ3) is 4.91. The van der Waals surface area contributed by atoms with E-state index < -0.39 is 0 Å². The molecule has 15 heavy (non-hydrogen) atoms.